The maximum Gasteiger partial charge on any atom is 0.0577 e. The molecule has 90 valence electrons. The molecule has 2 nitrogen and oxygen atoms in total. The highest BCUT2D eigenvalue weighted by Crippen LogP contribution is 2.31. The van der Waals surface area contributed by atoms with Crippen molar-refractivity contribution >= 4 is 11.4 Å². The normalized spacial score (nSPS) is 12.6. The molecule has 0 aromatic heterocycles. The summed E-state index contributed by atoms with van der Waals surface area (Å²) in [6.07, 6.45) is 1.09. The standard InChI is InChI=1S/C14H24N2/c1-13(2,3)10-14(4,5)16-12-9-7-6-8-11(12)15/h6-9,16H,10,15H2,1-5H3. The Morgan fingerprint density at radius 3 is 2.12 bits per heavy atom. The smallest absolute Gasteiger partial charge is 0.0577 e. The predicted molar refractivity (Wildman–Crippen MR) is 72.6 cm³/mol. The molecular formula is C14H24N2. The van der Waals surface area contributed by atoms with Gasteiger partial charge in [-0.05, 0) is 37.8 Å². The highest BCUT2D eigenvalue weighted by Gasteiger charge is 2.25. The van der Waals surface area contributed by atoms with E-state index in [0.717, 1.165) is 17.8 Å². The Morgan fingerprint density at radius 2 is 1.62 bits per heavy atom. The van der Waals surface area contributed by atoms with Gasteiger partial charge in [0.05, 0.1) is 11.4 Å². The van der Waals surface area contributed by atoms with Crippen molar-refractivity contribution in [3.63, 3.8) is 0 Å². The van der Waals surface area contributed by atoms with Crippen LogP contribution in [0.5, 0.6) is 0 Å². The molecule has 1 aromatic carbocycles. The monoisotopic (exact) mass is 220 g/mol. The third-order valence-electron chi connectivity index (χ3n) is 2.41. The molecule has 0 aliphatic rings. The van der Waals surface area contributed by atoms with Crippen molar-refractivity contribution in [2.45, 2.75) is 46.6 Å². The lowest BCUT2D eigenvalue weighted by Gasteiger charge is -2.34. The van der Waals surface area contributed by atoms with Gasteiger partial charge in [-0.2, -0.15) is 0 Å². The van der Waals surface area contributed by atoms with E-state index in [0.29, 0.717) is 5.41 Å². The number of hydrogen-bond acceptors (Lipinski definition) is 2. The van der Waals surface area contributed by atoms with E-state index >= 15 is 0 Å². The molecule has 3 N–H and O–H groups in total. The van der Waals surface area contributed by atoms with Gasteiger partial charge in [0.15, 0.2) is 0 Å². The average molecular weight is 220 g/mol. The average Bonchev–Trinajstić information content (AvgIpc) is 2.04. The summed E-state index contributed by atoms with van der Waals surface area (Å²) in [5, 5.41) is 3.52. The Morgan fingerprint density at radius 1 is 1.06 bits per heavy atom. The van der Waals surface area contributed by atoms with Gasteiger partial charge in [-0.3, -0.25) is 0 Å². The molecule has 1 rings (SSSR count). The Balaban J connectivity index is 2.77. The van der Waals surface area contributed by atoms with E-state index in [1.54, 1.807) is 0 Å². The quantitative estimate of drug-likeness (QED) is 0.758. The van der Waals surface area contributed by atoms with Gasteiger partial charge >= 0.3 is 0 Å². The van der Waals surface area contributed by atoms with Crippen molar-refractivity contribution in [2.24, 2.45) is 5.41 Å². The minimum Gasteiger partial charge on any atom is -0.397 e. The van der Waals surface area contributed by atoms with E-state index in [9.17, 15) is 0 Å². The van der Waals surface area contributed by atoms with Crippen molar-refractivity contribution in [1.29, 1.82) is 0 Å². The molecular weight excluding hydrogens is 196 g/mol. The van der Waals surface area contributed by atoms with Crippen molar-refractivity contribution < 1.29 is 0 Å². The zero-order valence-electron chi connectivity index (χ0n) is 11.1. The fourth-order valence-electron chi connectivity index (χ4n) is 2.35. The van der Waals surface area contributed by atoms with Crippen LogP contribution in [0.15, 0.2) is 24.3 Å². The number of nitrogen functional groups attached to an aromatic ring is 1. The third-order valence-corrected chi connectivity index (χ3v) is 2.41. The highest BCUT2D eigenvalue weighted by molar-refractivity contribution is 5.66. The minimum absolute atomic E-state index is 0.0493. The predicted octanol–water partition coefficient (Wildman–Crippen LogP) is 3.90. The SMILES string of the molecule is CC(C)(C)CC(C)(C)Nc1ccccc1N. The first-order valence-electron chi connectivity index (χ1n) is 5.82. The molecule has 0 aliphatic carbocycles. The molecule has 0 amide bonds. The van der Waals surface area contributed by atoms with Crippen molar-refractivity contribution in [3.8, 4) is 0 Å². The van der Waals surface area contributed by atoms with Crippen LogP contribution in [-0.4, -0.2) is 5.54 Å². The van der Waals surface area contributed by atoms with E-state index in [4.69, 9.17) is 5.73 Å². The van der Waals surface area contributed by atoms with Crippen molar-refractivity contribution in [3.05, 3.63) is 24.3 Å². The number of nitrogens with two attached hydrogens (primary N) is 1. The summed E-state index contributed by atoms with van der Waals surface area (Å²) in [6.45, 7) is 11.2. The highest BCUT2D eigenvalue weighted by atomic mass is 15.0. The van der Waals surface area contributed by atoms with Crippen LogP contribution in [-0.2, 0) is 0 Å². The van der Waals surface area contributed by atoms with E-state index < -0.39 is 0 Å². The molecule has 0 fully saturated rings. The maximum absolute atomic E-state index is 5.93. The molecule has 0 saturated carbocycles. The molecule has 0 spiro atoms. The third kappa shape index (κ3) is 4.13. The first kappa shape index (κ1) is 12.9. The lowest BCUT2D eigenvalue weighted by Crippen LogP contribution is -2.35. The van der Waals surface area contributed by atoms with Gasteiger partial charge in [0, 0.05) is 5.54 Å². The summed E-state index contributed by atoms with van der Waals surface area (Å²) in [6, 6.07) is 7.92. The van der Waals surface area contributed by atoms with Crippen LogP contribution in [0.25, 0.3) is 0 Å². The van der Waals surface area contributed by atoms with Gasteiger partial charge in [-0.15, -0.1) is 0 Å². The summed E-state index contributed by atoms with van der Waals surface area (Å²) in [4.78, 5) is 0. The summed E-state index contributed by atoms with van der Waals surface area (Å²) in [7, 11) is 0. The van der Waals surface area contributed by atoms with Crippen molar-refractivity contribution in [2.75, 3.05) is 11.1 Å². The number of hydrogen-bond donors (Lipinski definition) is 2. The molecule has 0 aliphatic heterocycles. The second-order valence-electron chi connectivity index (χ2n) is 6.33. The van der Waals surface area contributed by atoms with Crippen LogP contribution in [0.1, 0.15) is 41.0 Å². The van der Waals surface area contributed by atoms with Crippen LogP contribution >= 0.6 is 0 Å². The van der Waals surface area contributed by atoms with Gasteiger partial charge in [0.25, 0.3) is 0 Å². The number of nitrogens with one attached hydrogen (secondary N) is 1. The molecule has 16 heavy (non-hydrogen) atoms. The van der Waals surface area contributed by atoms with Gasteiger partial charge in [0.2, 0.25) is 0 Å². The first-order valence-corrected chi connectivity index (χ1v) is 5.82. The van der Waals surface area contributed by atoms with Gasteiger partial charge in [-0.1, -0.05) is 32.9 Å². The van der Waals surface area contributed by atoms with E-state index in [1.807, 2.05) is 24.3 Å². The fourth-order valence-corrected chi connectivity index (χ4v) is 2.35. The lowest BCUT2D eigenvalue weighted by molar-refractivity contribution is 0.302. The Hall–Kier alpha value is -1.18. The van der Waals surface area contributed by atoms with Crippen molar-refractivity contribution in [1.82, 2.24) is 0 Å². The molecule has 0 bridgehead atoms. The number of rotatable bonds is 3. The number of anilines is 2. The van der Waals surface area contributed by atoms with E-state index in [2.05, 4.69) is 39.9 Å². The molecule has 0 unspecified atom stereocenters. The molecule has 0 radical (unpaired) electrons. The molecule has 0 saturated heterocycles. The molecule has 2 heteroatoms. The largest absolute Gasteiger partial charge is 0.397 e. The zero-order valence-corrected chi connectivity index (χ0v) is 11.1. The van der Waals surface area contributed by atoms with Crippen LogP contribution in [0, 0.1) is 5.41 Å². The van der Waals surface area contributed by atoms with E-state index in [1.165, 1.54) is 0 Å². The minimum atomic E-state index is 0.0493. The van der Waals surface area contributed by atoms with Gasteiger partial charge < -0.3 is 11.1 Å². The summed E-state index contributed by atoms with van der Waals surface area (Å²) >= 11 is 0. The summed E-state index contributed by atoms with van der Waals surface area (Å²) in [5.74, 6) is 0. The Kier molecular flexibility index (Phi) is 3.51. The first-order chi connectivity index (χ1) is 7.20. The molecule has 0 heterocycles. The van der Waals surface area contributed by atoms with Crippen LogP contribution in [0.4, 0.5) is 11.4 Å². The number of benzene rings is 1. The van der Waals surface area contributed by atoms with Crippen LogP contribution in [0.2, 0.25) is 0 Å². The number of para-hydroxylation sites is 2. The summed E-state index contributed by atoms with van der Waals surface area (Å²) < 4.78 is 0. The fraction of sp³-hybridized carbons (Fsp3) is 0.571. The topological polar surface area (TPSA) is 38.0 Å². The maximum atomic E-state index is 5.93. The molecule has 1 aromatic rings. The van der Waals surface area contributed by atoms with Gasteiger partial charge in [0.1, 0.15) is 0 Å². The molecule has 0 atom stereocenters. The van der Waals surface area contributed by atoms with Crippen LogP contribution in [0.3, 0.4) is 0 Å². The zero-order chi connectivity index (χ0) is 12.4. The lowest BCUT2D eigenvalue weighted by atomic mass is 9.81. The second-order valence-corrected chi connectivity index (χ2v) is 6.33. The second kappa shape index (κ2) is 4.36. The Labute approximate surface area is 99.2 Å². The Bertz CT molecular complexity index is 348. The van der Waals surface area contributed by atoms with E-state index in [-0.39, 0.29) is 5.54 Å². The summed E-state index contributed by atoms with van der Waals surface area (Å²) in [5.41, 5.74) is 8.12. The van der Waals surface area contributed by atoms with Gasteiger partial charge in [-0.25, -0.2) is 0 Å². The van der Waals surface area contributed by atoms with Crippen LogP contribution < -0.4 is 11.1 Å².